The number of nitro groups is 1. The van der Waals surface area contributed by atoms with Crippen LogP contribution in [0.2, 0.25) is 0 Å². The molecule has 1 aromatic carbocycles. The topological polar surface area (TPSA) is 132 Å². The number of carbonyl (C=O) groups excluding carboxylic acids is 2. The van der Waals surface area contributed by atoms with Crippen molar-refractivity contribution >= 4 is 34.1 Å². The quantitative estimate of drug-likeness (QED) is 0.413. The van der Waals surface area contributed by atoms with Crippen molar-refractivity contribution in [2.24, 2.45) is 0 Å². The number of pyridine rings is 1. The number of nitrogens with one attached hydrogen (secondary N) is 2. The second-order valence-electron chi connectivity index (χ2n) is 8.25. The third-order valence-electron chi connectivity index (χ3n) is 6.05. The van der Waals surface area contributed by atoms with Gasteiger partial charge in [-0.25, -0.2) is 9.67 Å². The van der Waals surface area contributed by atoms with Gasteiger partial charge in [0, 0.05) is 43.8 Å². The first-order chi connectivity index (χ1) is 15.9. The molecule has 1 amide bonds. The number of benzene rings is 1. The van der Waals surface area contributed by atoms with Gasteiger partial charge in [0.1, 0.15) is 5.78 Å². The maximum atomic E-state index is 13.3. The van der Waals surface area contributed by atoms with E-state index in [1.54, 1.807) is 29.2 Å². The minimum Gasteiger partial charge on any atom is -0.381 e. The zero-order valence-electron chi connectivity index (χ0n) is 18.6. The van der Waals surface area contributed by atoms with Crippen LogP contribution in [-0.2, 0) is 11.3 Å². The second-order valence-corrected chi connectivity index (χ2v) is 8.25. The molecule has 0 spiro atoms. The molecule has 2 heterocycles. The summed E-state index contributed by atoms with van der Waals surface area (Å²) < 4.78 is 1.77. The molecule has 1 aliphatic rings. The molecule has 0 bridgehead atoms. The van der Waals surface area contributed by atoms with E-state index in [-0.39, 0.29) is 29.5 Å². The van der Waals surface area contributed by atoms with Crippen molar-refractivity contribution in [1.29, 1.82) is 0 Å². The number of anilines is 1. The Bertz CT molecular complexity index is 1190. The lowest BCUT2D eigenvalue weighted by Crippen LogP contribution is -2.30. The molecule has 0 radical (unpaired) electrons. The van der Waals surface area contributed by atoms with Gasteiger partial charge in [-0.3, -0.25) is 19.7 Å². The lowest BCUT2D eigenvalue weighted by atomic mass is 9.94. The summed E-state index contributed by atoms with van der Waals surface area (Å²) in [5.41, 5.74) is 2.49. The number of hydrogen-bond donors (Lipinski definition) is 2. The van der Waals surface area contributed by atoms with Crippen LogP contribution in [0, 0.1) is 10.1 Å². The van der Waals surface area contributed by atoms with Gasteiger partial charge in [0.25, 0.3) is 11.6 Å². The molecule has 172 valence electrons. The maximum Gasteiger partial charge on any atom is 0.269 e. The fourth-order valence-electron chi connectivity index (χ4n) is 4.12. The lowest BCUT2D eigenvalue weighted by Gasteiger charge is -2.25. The van der Waals surface area contributed by atoms with Gasteiger partial charge in [-0.05, 0) is 32.3 Å². The Morgan fingerprint density at radius 3 is 2.58 bits per heavy atom. The molecule has 2 aromatic heterocycles. The number of nitro benzene ring substituents is 1. The lowest BCUT2D eigenvalue weighted by molar-refractivity contribution is -0.384. The predicted octanol–water partition coefficient (Wildman–Crippen LogP) is 3.77. The van der Waals surface area contributed by atoms with Crippen LogP contribution in [0.15, 0.2) is 36.7 Å². The summed E-state index contributed by atoms with van der Waals surface area (Å²) in [6, 6.07) is 5.82. The number of Topliss-reactive ketones (excluding diaryl/α,β-unsaturated/α-hetero) is 1. The fourth-order valence-corrected chi connectivity index (χ4v) is 4.12. The van der Waals surface area contributed by atoms with Crippen LogP contribution < -0.4 is 10.6 Å². The minimum atomic E-state index is -0.457. The van der Waals surface area contributed by atoms with Gasteiger partial charge in [-0.2, -0.15) is 5.10 Å². The molecule has 0 unspecified atom stereocenters. The van der Waals surface area contributed by atoms with E-state index in [0.29, 0.717) is 49.1 Å². The minimum absolute atomic E-state index is 0.00249. The molecule has 0 saturated heterocycles. The fraction of sp³-hybridized carbons (Fsp3) is 0.391. The molecule has 0 aliphatic heterocycles. The Hall–Kier alpha value is -3.82. The molecular formula is C23H26N6O4. The predicted molar refractivity (Wildman–Crippen MR) is 123 cm³/mol. The first kappa shape index (κ1) is 22.4. The summed E-state index contributed by atoms with van der Waals surface area (Å²) in [4.78, 5) is 39.8. The summed E-state index contributed by atoms with van der Waals surface area (Å²) in [7, 11) is 0. The van der Waals surface area contributed by atoms with Crippen LogP contribution in [0.3, 0.4) is 0 Å². The van der Waals surface area contributed by atoms with E-state index < -0.39 is 4.92 Å². The zero-order chi connectivity index (χ0) is 23.5. The first-order valence-electron chi connectivity index (χ1n) is 11.0. The molecule has 4 rings (SSSR count). The van der Waals surface area contributed by atoms with Gasteiger partial charge in [0.05, 0.1) is 33.8 Å². The number of non-ortho nitro benzene ring substituents is 1. The average Bonchev–Trinajstić information content (AvgIpc) is 3.24. The summed E-state index contributed by atoms with van der Waals surface area (Å²) in [5, 5.41) is 22.5. The highest BCUT2D eigenvalue weighted by atomic mass is 16.6. The van der Waals surface area contributed by atoms with Gasteiger partial charge in [-0.1, -0.05) is 12.1 Å². The van der Waals surface area contributed by atoms with E-state index in [1.807, 2.05) is 13.8 Å². The number of hydrogen-bond acceptors (Lipinski definition) is 7. The molecule has 1 saturated carbocycles. The third-order valence-corrected chi connectivity index (χ3v) is 6.05. The zero-order valence-corrected chi connectivity index (χ0v) is 18.6. The van der Waals surface area contributed by atoms with Crippen LogP contribution in [0.25, 0.3) is 11.0 Å². The largest absolute Gasteiger partial charge is 0.381 e. The number of fused-ring (bicyclic) bond motifs is 1. The molecule has 3 aromatic rings. The van der Waals surface area contributed by atoms with E-state index in [9.17, 15) is 19.7 Å². The van der Waals surface area contributed by atoms with E-state index >= 15 is 0 Å². The van der Waals surface area contributed by atoms with Crippen molar-refractivity contribution in [2.75, 3.05) is 5.32 Å². The van der Waals surface area contributed by atoms with Gasteiger partial charge < -0.3 is 10.6 Å². The van der Waals surface area contributed by atoms with E-state index in [1.165, 1.54) is 12.1 Å². The maximum absolute atomic E-state index is 13.3. The number of aryl methyl sites for hydroxylation is 1. The molecule has 1 aliphatic carbocycles. The molecule has 33 heavy (non-hydrogen) atoms. The van der Waals surface area contributed by atoms with E-state index in [4.69, 9.17) is 0 Å². The van der Waals surface area contributed by atoms with Crippen LogP contribution in [0.1, 0.15) is 61.5 Å². The molecule has 2 N–H and O–H groups in total. The highest BCUT2D eigenvalue weighted by molar-refractivity contribution is 6.06. The van der Waals surface area contributed by atoms with E-state index in [2.05, 4.69) is 20.7 Å². The monoisotopic (exact) mass is 450 g/mol. The molecular weight excluding hydrogens is 424 g/mol. The third kappa shape index (κ3) is 4.69. The van der Waals surface area contributed by atoms with Crippen molar-refractivity contribution < 1.29 is 14.5 Å². The van der Waals surface area contributed by atoms with Crippen LogP contribution >= 0.6 is 0 Å². The Balaban J connectivity index is 1.61. The average molecular weight is 450 g/mol. The highest BCUT2D eigenvalue weighted by Gasteiger charge is 2.24. The molecule has 1 fully saturated rings. The van der Waals surface area contributed by atoms with Gasteiger partial charge in [-0.15, -0.1) is 0 Å². The van der Waals surface area contributed by atoms with Gasteiger partial charge in [0.15, 0.2) is 5.65 Å². The van der Waals surface area contributed by atoms with Gasteiger partial charge >= 0.3 is 0 Å². The Labute approximate surface area is 190 Å². The summed E-state index contributed by atoms with van der Waals surface area (Å²) >= 11 is 0. The molecule has 10 nitrogen and oxygen atoms in total. The SMILES string of the molecule is CCn1ncc2c(NC3CCC(=O)CC3)c(C(=O)N[C@@H](C)c3ccc([N+](=O)[O-])cc3)cnc21. The number of nitrogens with zero attached hydrogens (tertiary/aromatic N) is 4. The normalized spacial score (nSPS) is 15.4. The van der Waals surface area contributed by atoms with Crippen LogP contribution in [-0.4, -0.2) is 37.4 Å². The first-order valence-corrected chi connectivity index (χ1v) is 11.0. The molecule has 10 heteroatoms. The Morgan fingerprint density at radius 2 is 1.94 bits per heavy atom. The number of carbonyl (C=O) groups is 2. The van der Waals surface area contributed by atoms with Crippen molar-refractivity contribution in [1.82, 2.24) is 20.1 Å². The van der Waals surface area contributed by atoms with Crippen LogP contribution in [0.4, 0.5) is 11.4 Å². The number of ketones is 1. The summed E-state index contributed by atoms with van der Waals surface area (Å²) in [6.45, 7) is 4.44. The van der Waals surface area contributed by atoms with Crippen molar-refractivity contribution in [2.45, 2.75) is 58.2 Å². The van der Waals surface area contributed by atoms with E-state index in [0.717, 1.165) is 10.9 Å². The number of amides is 1. The Kier molecular flexibility index (Phi) is 6.34. The smallest absolute Gasteiger partial charge is 0.269 e. The summed E-state index contributed by atoms with van der Waals surface area (Å²) in [5.74, 6) is -0.0458. The van der Waals surface area contributed by atoms with Crippen molar-refractivity contribution in [3.8, 4) is 0 Å². The number of rotatable bonds is 7. The van der Waals surface area contributed by atoms with Crippen molar-refractivity contribution in [3.63, 3.8) is 0 Å². The second kappa shape index (κ2) is 9.35. The Morgan fingerprint density at radius 1 is 1.24 bits per heavy atom. The standard InChI is InChI=1S/C23H26N6O4/c1-3-28-22-19(13-25-28)21(27-16-6-10-18(30)11-7-16)20(12-24-22)23(31)26-14(2)15-4-8-17(9-5-15)29(32)33/h4-5,8-9,12-14,16H,3,6-7,10-11H2,1-2H3,(H,24,27)(H,26,31)/t14-/m0/s1. The van der Waals surface area contributed by atoms with Crippen LogP contribution in [0.5, 0.6) is 0 Å². The summed E-state index contributed by atoms with van der Waals surface area (Å²) in [6.07, 6.45) is 5.73. The van der Waals surface area contributed by atoms with Crippen molar-refractivity contribution in [3.05, 3.63) is 57.9 Å². The highest BCUT2D eigenvalue weighted by Crippen LogP contribution is 2.30. The van der Waals surface area contributed by atoms with Gasteiger partial charge in [0.2, 0.25) is 0 Å². The number of aromatic nitrogens is 3. The molecule has 1 atom stereocenters.